The van der Waals surface area contributed by atoms with Gasteiger partial charge in [-0.1, -0.05) is 29.4 Å². The van der Waals surface area contributed by atoms with Crippen molar-refractivity contribution in [2.45, 2.75) is 33.4 Å². The SMILES string of the molecule is COc1cc(-c2noc(CNC(C)c3ccc(-n4ccnc4C)cc3)n2)ccc1C. The zero-order valence-corrected chi connectivity index (χ0v) is 17.6. The minimum Gasteiger partial charge on any atom is -0.496 e. The Balaban J connectivity index is 1.40. The number of hydrogen-bond acceptors (Lipinski definition) is 6. The summed E-state index contributed by atoms with van der Waals surface area (Å²) in [6.45, 7) is 6.58. The summed E-state index contributed by atoms with van der Waals surface area (Å²) < 4.78 is 12.8. The number of imidazole rings is 1. The van der Waals surface area contributed by atoms with E-state index in [-0.39, 0.29) is 6.04 Å². The highest BCUT2D eigenvalue weighted by atomic mass is 16.5. The first-order valence-corrected chi connectivity index (χ1v) is 9.86. The highest BCUT2D eigenvalue weighted by Gasteiger charge is 2.12. The van der Waals surface area contributed by atoms with Gasteiger partial charge in [-0.3, -0.25) is 0 Å². The van der Waals surface area contributed by atoms with Crippen molar-refractivity contribution in [1.82, 2.24) is 25.0 Å². The highest BCUT2D eigenvalue weighted by molar-refractivity contribution is 5.58. The molecule has 4 aromatic rings. The van der Waals surface area contributed by atoms with Crippen LogP contribution in [0, 0.1) is 13.8 Å². The van der Waals surface area contributed by atoms with E-state index in [9.17, 15) is 0 Å². The maximum absolute atomic E-state index is 5.42. The lowest BCUT2D eigenvalue weighted by Crippen LogP contribution is -2.18. The molecule has 1 N–H and O–H groups in total. The first-order valence-electron chi connectivity index (χ1n) is 9.86. The van der Waals surface area contributed by atoms with E-state index in [0.717, 1.165) is 28.4 Å². The molecule has 154 valence electrons. The molecule has 0 fully saturated rings. The molecule has 0 amide bonds. The van der Waals surface area contributed by atoms with Crippen molar-refractivity contribution in [3.8, 4) is 22.8 Å². The summed E-state index contributed by atoms with van der Waals surface area (Å²) in [6, 6.07) is 14.4. The minimum atomic E-state index is 0.137. The van der Waals surface area contributed by atoms with E-state index in [1.807, 2.05) is 38.2 Å². The van der Waals surface area contributed by atoms with Gasteiger partial charge in [-0.25, -0.2) is 4.98 Å². The topological polar surface area (TPSA) is 78.0 Å². The maximum Gasteiger partial charge on any atom is 0.240 e. The van der Waals surface area contributed by atoms with Crippen molar-refractivity contribution in [1.29, 1.82) is 0 Å². The summed E-state index contributed by atoms with van der Waals surface area (Å²) >= 11 is 0. The smallest absolute Gasteiger partial charge is 0.240 e. The molecule has 2 aromatic carbocycles. The average molecular weight is 403 g/mol. The molecule has 0 bridgehead atoms. The number of nitrogens with one attached hydrogen (secondary N) is 1. The second-order valence-electron chi connectivity index (χ2n) is 7.23. The Morgan fingerprint density at radius 3 is 2.63 bits per heavy atom. The molecule has 7 heteroatoms. The Morgan fingerprint density at radius 1 is 1.13 bits per heavy atom. The van der Waals surface area contributed by atoms with Gasteiger partial charge in [0.15, 0.2) is 0 Å². The predicted molar refractivity (Wildman–Crippen MR) is 115 cm³/mol. The largest absolute Gasteiger partial charge is 0.496 e. The summed E-state index contributed by atoms with van der Waals surface area (Å²) in [5.74, 6) is 2.87. The molecule has 2 aromatic heterocycles. The van der Waals surface area contributed by atoms with Crippen LogP contribution >= 0.6 is 0 Å². The Kier molecular flexibility index (Phi) is 5.63. The molecule has 1 atom stereocenters. The monoisotopic (exact) mass is 403 g/mol. The van der Waals surface area contributed by atoms with Crippen LogP contribution in [0.25, 0.3) is 17.1 Å². The second-order valence-corrected chi connectivity index (χ2v) is 7.23. The van der Waals surface area contributed by atoms with E-state index in [1.165, 1.54) is 5.56 Å². The number of aromatic nitrogens is 4. The van der Waals surface area contributed by atoms with Crippen molar-refractivity contribution >= 4 is 0 Å². The normalized spacial score (nSPS) is 12.1. The van der Waals surface area contributed by atoms with Gasteiger partial charge in [-0.15, -0.1) is 0 Å². The number of aryl methyl sites for hydroxylation is 2. The molecule has 0 aliphatic carbocycles. The molecule has 0 radical (unpaired) electrons. The van der Waals surface area contributed by atoms with Crippen molar-refractivity contribution < 1.29 is 9.26 Å². The Morgan fingerprint density at radius 2 is 1.93 bits per heavy atom. The van der Waals surface area contributed by atoms with Crippen LogP contribution < -0.4 is 10.1 Å². The third-order valence-electron chi connectivity index (χ3n) is 5.19. The van der Waals surface area contributed by atoms with E-state index in [1.54, 1.807) is 13.3 Å². The minimum absolute atomic E-state index is 0.137. The molecule has 7 nitrogen and oxygen atoms in total. The maximum atomic E-state index is 5.42. The van der Waals surface area contributed by atoms with Gasteiger partial charge in [0.2, 0.25) is 11.7 Å². The van der Waals surface area contributed by atoms with Crippen LogP contribution in [-0.4, -0.2) is 26.8 Å². The number of benzene rings is 2. The van der Waals surface area contributed by atoms with Crippen molar-refractivity contribution in [3.05, 3.63) is 77.7 Å². The fourth-order valence-electron chi connectivity index (χ4n) is 3.34. The van der Waals surface area contributed by atoms with E-state index in [2.05, 4.69) is 56.2 Å². The molecule has 0 spiro atoms. The number of nitrogens with zero attached hydrogens (tertiary/aromatic N) is 4. The van der Waals surface area contributed by atoms with Crippen LogP contribution in [0.2, 0.25) is 0 Å². The van der Waals surface area contributed by atoms with Gasteiger partial charge >= 0.3 is 0 Å². The quantitative estimate of drug-likeness (QED) is 0.493. The van der Waals surface area contributed by atoms with Crippen LogP contribution in [0.15, 0.2) is 59.4 Å². The molecule has 2 heterocycles. The molecule has 0 aliphatic rings. The van der Waals surface area contributed by atoms with Crippen LogP contribution in [0.5, 0.6) is 5.75 Å². The zero-order valence-electron chi connectivity index (χ0n) is 17.6. The number of rotatable bonds is 7. The van der Waals surface area contributed by atoms with Crippen LogP contribution in [0.1, 0.15) is 35.8 Å². The van der Waals surface area contributed by atoms with Crippen LogP contribution in [0.4, 0.5) is 0 Å². The van der Waals surface area contributed by atoms with Gasteiger partial charge in [0.25, 0.3) is 0 Å². The molecular weight excluding hydrogens is 378 g/mol. The Bertz CT molecular complexity index is 1130. The number of methoxy groups -OCH3 is 1. The van der Waals surface area contributed by atoms with E-state index < -0.39 is 0 Å². The van der Waals surface area contributed by atoms with Crippen molar-refractivity contribution in [2.75, 3.05) is 7.11 Å². The van der Waals surface area contributed by atoms with E-state index >= 15 is 0 Å². The summed E-state index contributed by atoms with van der Waals surface area (Å²) in [7, 11) is 1.65. The lowest BCUT2D eigenvalue weighted by Gasteiger charge is -2.14. The summed E-state index contributed by atoms with van der Waals surface area (Å²) in [5, 5.41) is 7.54. The van der Waals surface area contributed by atoms with Gasteiger partial charge in [0.05, 0.1) is 13.7 Å². The molecule has 1 unspecified atom stereocenters. The van der Waals surface area contributed by atoms with E-state index in [4.69, 9.17) is 9.26 Å². The van der Waals surface area contributed by atoms with Gasteiger partial charge in [0, 0.05) is 29.7 Å². The molecule has 0 saturated heterocycles. The third-order valence-corrected chi connectivity index (χ3v) is 5.19. The number of hydrogen-bond donors (Lipinski definition) is 1. The van der Waals surface area contributed by atoms with Gasteiger partial charge in [-0.2, -0.15) is 4.98 Å². The third kappa shape index (κ3) is 4.11. The number of ether oxygens (including phenoxy) is 1. The van der Waals surface area contributed by atoms with E-state index in [0.29, 0.717) is 18.3 Å². The molecular formula is C23H25N5O2. The summed E-state index contributed by atoms with van der Waals surface area (Å²) in [4.78, 5) is 8.77. The Hall–Kier alpha value is -3.45. The molecule has 0 aliphatic heterocycles. The first kappa shape index (κ1) is 19.8. The first-order chi connectivity index (χ1) is 14.5. The summed E-state index contributed by atoms with van der Waals surface area (Å²) in [5.41, 5.74) is 4.20. The molecule has 4 rings (SSSR count). The standard InChI is InChI=1S/C23H25N5O2/c1-15-5-6-19(13-21(15)29-4)23-26-22(30-27-23)14-25-16(2)18-7-9-20(10-8-18)28-12-11-24-17(28)3/h5-13,16,25H,14H2,1-4H3. The van der Waals surface area contributed by atoms with Crippen molar-refractivity contribution in [2.24, 2.45) is 0 Å². The molecule has 30 heavy (non-hydrogen) atoms. The van der Waals surface area contributed by atoms with Crippen LogP contribution in [-0.2, 0) is 6.54 Å². The highest BCUT2D eigenvalue weighted by Crippen LogP contribution is 2.25. The van der Waals surface area contributed by atoms with Crippen molar-refractivity contribution in [3.63, 3.8) is 0 Å². The zero-order chi connectivity index (χ0) is 21.1. The van der Waals surface area contributed by atoms with Gasteiger partial charge in [-0.05, 0) is 50.1 Å². The van der Waals surface area contributed by atoms with Crippen LogP contribution in [0.3, 0.4) is 0 Å². The predicted octanol–water partition coefficient (Wildman–Crippen LogP) is 4.40. The summed E-state index contributed by atoms with van der Waals surface area (Å²) in [6.07, 6.45) is 3.77. The lowest BCUT2D eigenvalue weighted by atomic mass is 10.1. The average Bonchev–Trinajstić information content (AvgIpc) is 3.41. The van der Waals surface area contributed by atoms with Gasteiger partial charge in [0.1, 0.15) is 11.6 Å². The second kappa shape index (κ2) is 8.51. The van der Waals surface area contributed by atoms with Gasteiger partial charge < -0.3 is 19.1 Å². The lowest BCUT2D eigenvalue weighted by molar-refractivity contribution is 0.360. The fraction of sp³-hybridized carbons (Fsp3) is 0.261. The molecule has 0 saturated carbocycles. The Labute approximate surface area is 175 Å². The fourth-order valence-corrected chi connectivity index (χ4v) is 3.34.